The summed E-state index contributed by atoms with van der Waals surface area (Å²) in [7, 11) is 0. The molecular weight excluding hydrogens is 204 g/mol. The van der Waals surface area contributed by atoms with Crippen molar-refractivity contribution in [2.24, 2.45) is 0 Å². The van der Waals surface area contributed by atoms with Crippen molar-refractivity contribution in [3.8, 4) is 0 Å². The molecule has 0 aliphatic carbocycles. The lowest BCUT2D eigenvalue weighted by molar-refractivity contribution is 1.09. The van der Waals surface area contributed by atoms with E-state index in [2.05, 4.69) is 46.4 Å². The Morgan fingerprint density at radius 2 is 1.87 bits per heavy atom. The molecule has 0 saturated carbocycles. The summed E-state index contributed by atoms with van der Waals surface area (Å²) in [5.41, 5.74) is 2.15. The van der Waals surface area contributed by atoms with Gasteiger partial charge in [0.05, 0.1) is 11.0 Å². The maximum absolute atomic E-state index is 4.49. The van der Waals surface area contributed by atoms with E-state index in [0.717, 1.165) is 16.2 Å². The molecule has 3 aromatic rings. The van der Waals surface area contributed by atoms with Gasteiger partial charge >= 0.3 is 0 Å². The van der Waals surface area contributed by atoms with Gasteiger partial charge in [-0.15, -0.1) is 0 Å². The second-order valence-corrected chi connectivity index (χ2v) is 4.26. The van der Waals surface area contributed by atoms with Crippen LogP contribution in [0.2, 0.25) is 0 Å². The summed E-state index contributed by atoms with van der Waals surface area (Å²) in [4.78, 5) is 7.78. The van der Waals surface area contributed by atoms with Gasteiger partial charge in [-0.05, 0) is 29.2 Å². The molecule has 3 heteroatoms. The molecular formula is C12H10N2S. The number of benzene rings is 2. The second-order valence-electron chi connectivity index (χ2n) is 3.46. The van der Waals surface area contributed by atoms with Gasteiger partial charge in [-0.1, -0.05) is 36.0 Å². The molecule has 0 fully saturated rings. The molecule has 0 spiro atoms. The van der Waals surface area contributed by atoms with Crippen LogP contribution in [-0.2, 0) is 0 Å². The average Bonchev–Trinajstić information content (AvgIpc) is 2.67. The fourth-order valence-corrected chi connectivity index (χ4v) is 2.17. The Morgan fingerprint density at radius 3 is 2.60 bits per heavy atom. The van der Waals surface area contributed by atoms with Crippen LogP contribution in [0.5, 0.6) is 0 Å². The molecule has 1 aromatic heterocycles. The van der Waals surface area contributed by atoms with E-state index in [4.69, 9.17) is 0 Å². The third-order valence-electron chi connectivity index (χ3n) is 2.52. The topological polar surface area (TPSA) is 28.7 Å². The monoisotopic (exact) mass is 214 g/mol. The van der Waals surface area contributed by atoms with E-state index in [-0.39, 0.29) is 0 Å². The first-order valence-electron chi connectivity index (χ1n) is 4.79. The number of H-pyrrole nitrogens is 1. The van der Waals surface area contributed by atoms with E-state index in [0.29, 0.717) is 0 Å². The zero-order valence-electron chi connectivity index (χ0n) is 8.32. The number of thioether (sulfide) groups is 1. The number of fused-ring (bicyclic) bond motifs is 2. The van der Waals surface area contributed by atoms with Crippen molar-refractivity contribution in [3.63, 3.8) is 0 Å². The molecule has 0 aliphatic rings. The van der Waals surface area contributed by atoms with Gasteiger partial charge in [0.1, 0.15) is 0 Å². The highest BCUT2D eigenvalue weighted by atomic mass is 32.2. The molecule has 2 aromatic carbocycles. The largest absolute Gasteiger partial charge is 0.333 e. The lowest BCUT2D eigenvalue weighted by Gasteiger charge is -1.95. The van der Waals surface area contributed by atoms with Crippen LogP contribution in [0.1, 0.15) is 0 Å². The summed E-state index contributed by atoms with van der Waals surface area (Å²) < 4.78 is 0. The van der Waals surface area contributed by atoms with Gasteiger partial charge in [-0.2, -0.15) is 0 Å². The maximum atomic E-state index is 4.49. The van der Waals surface area contributed by atoms with Crippen LogP contribution < -0.4 is 0 Å². The standard InChI is InChI=1S/C12H10N2S/c1-15-12-13-10-6-8-4-2-3-5-9(8)7-11(10)14-12/h2-7H,1H3,(H,13,14). The lowest BCUT2D eigenvalue weighted by atomic mass is 10.1. The first-order valence-corrected chi connectivity index (χ1v) is 6.02. The molecule has 3 rings (SSSR count). The van der Waals surface area contributed by atoms with E-state index >= 15 is 0 Å². The molecule has 0 amide bonds. The quantitative estimate of drug-likeness (QED) is 0.629. The van der Waals surface area contributed by atoms with Crippen molar-refractivity contribution in [2.45, 2.75) is 5.16 Å². The molecule has 0 atom stereocenters. The maximum Gasteiger partial charge on any atom is 0.166 e. The fourth-order valence-electron chi connectivity index (χ4n) is 1.77. The first-order chi connectivity index (χ1) is 7.36. The van der Waals surface area contributed by atoms with Crippen molar-refractivity contribution in [1.82, 2.24) is 9.97 Å². The SMILES string of the molecule is CSc1nc2cc3ccccc3cc2[nH]1. The van der Waals surface area contributed by atoms with Gasteiger partial charge in [0, 0.05) is 0 Å². The highest BCUT2D eigenvalue weighted by molar-refractivity contribution is 7.98. The first kappa shape index (κ1) is 8.80. The van der Waals surface area contributed by atoms with Gasteiger partial charge in [0.25, 0.3) is 0 Å². The molecule has 0 unspecified atom stereocenters. The van der Waals surface area contributed by atoms with Crippen LogP contribution in [0.4, 0.5) is 0 Å². The number of hydrogen-bond donors (Lipinski definition) is 1. The Balaban J connectivity index is 2.39. The minimum Gasteiger partial charge on any atom is -0.333 e. The van der Waals surface area contributed by atoms with Gasteiger partial charge in [0.15, 0.2) is 5.16 Å². The molecule has 1 N–H and O–H groups in total. The summed E-state index contributed by atoms with van der Waals surface area (Å²) in [5.74, 6) is 0. The van der Waals surface area contributed by atoms with Crippen LogP contribution in [-0.4, -0.2) is 16.2 Å². The van der Waals surface area contributed by atoms with E-state index < -0.39 is 0 Å². The summed E-state index contributed by atoms with van der Waals surface area (Å²) in [6.07, 6.45) is 2.03. The van der Waals surface area contributed by atoms with Crippen molar-refractivity contribution in [3.05, 3.63) is 36.4 Å². The van der Waals surface area contributed by atoms with Crippen LogP contribution in [0.15, 0.2) is 41.6 Å². The predicted octanol–water partition coefficient (Wildman–Crippen LogP) is 3.44. The van der Waals surface area contributed by atoms with Crippen LogP contribution >= 0.6 is 11.8 Å². The number of aromatic amines is 1. The lowest BCUT2D eigenvalue weighted by Crippen LogP contribution is -1.73. The third kappa shape index (κ3) is 1.39. The van der Waals surface area contributed by atoms with Gasteiger partial charge < -0.3 is 4.98 Å². The van der Waals surface area contributed by atoms with Crippen molar-refractivity contribution in [2.75, 3.05) is 6.26 Å². The number of nitrogens with zero attached hydrogens (tertiary/aromatic N) is 1. The second kappa shape index (κ2) is 3.28. The minimum absolute atomic E-state index is 0.973. The van der Waals surface area contributed by atoms with Crippen LogP contribution in [0, 0.1) is 0 Å². The predicted molar refractivity (Wildman–Crippen MR) is 65.4 cm³/mol. The molecule has 15 heavy (non-hydrogen) atoms. The van der Waals surface area contributed by atoms with Crippen LogP contribution in [0.25, 0.3) is 21.8 Å². The molecule has 0 radical (unpaired) electrons. The summed E-state index contributed by atoms with van der Waals surface area (Å²) in [5, 5.41) is 3.46. The van der Waals surface area contributed by atoms with Gasteiger partial charge in [-0.25, -0.2) is 4.98 Å². The van der Waals surface area contributed by atoms with Crippen molar-refractivity contribution in [1.29, 1.82) is 0 Å². The van der Waals surface area contributed by atoms with E-state index in [1.165, 1.54) is 10.8 Å². The van der Waals surface area contributed by atoms with Gasteiger partial charge in [-0.3, -0.25) is 0 Å². The highest BCUT2D eigenvalue weighted by Gasteiger charge is 2.02. The number of hydrogen-bond acceptors (Lipinski definition) is 2. The number of rotatable bonds is 1. The van der Waals surface area contributed by atoms with Crippen molar-refractivity contribution >= 4 is 33.6 Å². The zero-order valence-corrected chi connectivity index (χ0v) is 9.14. The number of nitrogens with one attached hydrogen (secondary N) is 1. The average molecular weight is 214 g/mol. The Hall–Kier alpha value is -1.48. The Morgan fingerprint density at radius 1 is 1.13 bits per heavy atom. The zero-order chi connectivity index (χ0) is 10.3. The van der Waals surface area contributed by atoms with Gasteiger partial charge in [0.2, 0.25) is 0 Å². The minimum atomic E-state index is 0.973. The Labute approximate surface area is 91.7 Å². The molecule has 74 valence electrons. The number of imidazole rings is 1. The Kier molecular flexibility index (Phi) is 1.92. The Bertz CT molecular complexity index is 575. The molecule has 0 saturated heterocycles. The fraction of sp³-hybridized carbons (Fsp3) is 0.0833. The van der Waals surface area contributed by atoms with E-state index in [1.54, 1.807) is 11.8 Å². The van der Waals surface area contributed by atoms with Crippen molar-refractivity contribution < 1.29 is 0 Å². The molecule has 0 bridgehead atoms. The van der Waals surface area contributed by atoms with Crippen LogP contribution in [0.3, 0.4) is 0 Å². The molecule has 1 heterocycles. The number of aromatic nitrogens is 2. The summed E-state index contributed by atoms with van der Waals surface area (Å²) in [6, 6.07) is 12.6. The smallest absolute Gasteiger partial charge is 0.166 e. The van der Waals surface area contributed by atoms with E-state index in [1.807, 2.05) is 6.26 Å². The molecule has 0 aliphatic heterocycles. The summed E-state index contributed by atoms with van der Waals surface area (Å²) in [6.45, 7) is 0. The third-order valence-corrected chi connectivity index (χ3v) is 3.10. The molecule has 2 nitrogen and oxygen atoms in total. The normalized spacial score (nSPS) is 11.3. The van der Waals surface area contributed by atoms with E-state index in [9.17, 15) is 0 Å². The highest BCUT2D eigenvalue weighted by Crippen LogP contribution is 2.23. The summed E-state index contributed by atoms with van der Waals surface area (Å²) >= 11 is 1.63.